The van der Waals surface area contributed by atoms with Crippen molar-refractivity contribution in [1.29, 1.82) is 0 Å². The first-order chi connectivity index (χ1) is 40.4. The average Bonchev–Trinajstić information content (AvgIpc) is 2.55. The smallest absolute Gasteiger partial charge is 0.478 e. The Labute approximate surface area is 478 Å². The number of hydrogen-bond donors (Lipinski definition) is 6. The van der Waals surface area contributed by atoms with Gasteiger partial charge in [-0.25, -0.2) is 4.57 Å². The molecule has 0 heterocycles. The minimum Gasteiger partial charge on any atom is -0.508 e. The van der Waals surface area contributed by atoms with E-state index in [4.69, 9.17) is 13.6 Å². The summed E-state index contributed by atoms with van der Waals surface area (Å²) < 4.78 is 42.1. The maximum atomic E-state index is 18.5. The van der Waals surface area contributed by atoms with Crippen molar-refractivity contribution in [1.82, 2.24) is 0 Å². The minimum absolute atomic E-state index is 0.0000541. The topological polar surface area (TPSA) is 166 Å². The molecule has 404 valence electrons. The summed E-state index contributed by atoms with van der Waals surface area (Å²) in [5.74, 6) is -2.28. The van der Waals surface area contributed by atoms with Gasteiger partial charge < -0.3 is 30.6 Å². The van der Waals surface area contributed by atoms with Crippen LogP contribution in [0.15, 0.2) is 255 Å². The summed E-state index contributed by atoms with van der Waals surface area (Å²) in [5, 5.41) is 67.1. The zero-order chi connectivity index (χ0) is 56.4. The normalized spacial score (nSPS) is 23.7. The summed E-state index contributed by atoms with van der Waals surface area (Å²) in [5.41, 5.74) is 7.80. The molecule has 0 spiro atoms. The number of fused-ring (bicyclic) bond motifs is 15. The molecule has 0 saturated carbocycles. The second-order valence-electron chi connectivity index (χ2n) is 22.0. The van der Waals surface area contributed by atoms with Crippen molar-refractivity contribution in [2.75, 3.05) is 0 Å². The zero-order valence-electron chi connectivity index (χ0n) is 44.2. The molecule has 6 bridgehead atoms. The van der Waals surface area contributed by atoms with Crippen molar-refractivity contribution in [3.05, 3.63) is 322 Å². The lowest BCUT2D eigenvalue weighted by molar-refractivity contribution is -0.0418. The van der Waals surface area contributed by atoms with Gasteiger partial charge in [-0.05, 0) is 191 Å². The van der Waals surface area contributed by atoms with Crippen LogP contribution in [0.4, 0.5) is 0 Å². The van der Waals surface area contributed by atoms with Gasteiger partial charge in [-0.1, -0.05) is 164 Å². The van der Waals surface area contributed by atoms with Gasteiger partial charge in [0.2, 0.25) is 0 Å². The SMILES string of the molecule is O=P(OC12C=CC(c3cccc(O)c3)=C(c3ccccc31)C2c1cccc(O)c1)(OC12C=CC(c3cccc(O)c3)=C(c3ccccc31)C2c1cccc(O)c1)OC12C=CC(c3cccc(O)c3)=C(c3ccccc31)C2c1cccc(O)c1. The molecular formula is C72H51O10P. The van der Waals surface area contributed by atoms with E-state index in [1.165, 1.54) is 0 Å². The summed E-state index contributed by atoms with van der Waals surface area (Å²) in [6.07, 6.45) is 11.4. The van der Waals surface area contributed by atoms with E-state index in [9.17, 15) is 30.6 Å². The number of phenolic OH excluding ortho intramolecular Hbond substituents is 6. The van der Waals surface area contributed by atoms with Gasteiger partial charge in [-0.2, -0.15) is 0 Å². The first-order valence-corrected chi connectivity index (χ1v) is 28.9. The first kappa shape index (κ1) is 50.3. The molecule has 6 N–H and O–H groups in total. The van der Waals surface area contributed by atoms with Crippen LogP contribution in [0.1, 0.15) is 84.5 Å². The molecular weight excluding hydrogens is 1060 g/mol. The van der Waals surface area contributed by atoms with Crippen LogP contribution in [0.2, 0.25) is 0 Å². The van der Waals surface area contributed by atoms with E-state index in [1.807, 2.05) is 146 Å². The van der Waals surface area contributed by atoms with Crippen LogP contribution >= 0.6 is 7.82 Å². The highest BCUT2D eigenvalue weighted by Gasteiger charge is 2.65. The Hall–Kier alpha value is -9.67. The number of benzene rings is 9. The van der Waals surface area contributed by atoms with Gasteiger partial charge in [0, 0.05) is 17.8 Å². The lowest BCUT2D eigenvalue weighted by Crippen LogP contribution is -2.39. The average molecular weight is 1110 g/mol. The number of phosphoric ester groups is 1. The highest BCUT2D eigenvalue weighted by atomic mass is 31.2. The van der Waals surface area contributed by atoms with Crippen LogP contribution in [0.5, 0.6) is 34.5 Å². The van der Waals surface area contributed by atoms with E-state index in [1.54, 1.807) is 109 Å². The predicted octanol–water partition coefficient (Wildman–Crippen LogP) is 15.9. The molecule has 83 heavy (non-hydrogen) atoms. The van der Waals surface area contributed by atoms with Gasteiger partial charge in [0.15, 0.2) is 0 Å². The summed E-state index contributed by atoms with van der Waals surface area (Å²) in [7, 11) is -5.39. The summed E-state index contributed by atoms with van der Waals surface area (Å²) >= 11 is 0. The lowest BCUT2D eigenvalue weighted by atomic mass is 9.75. The molecule has 10 nitrogen and oxygen atoms in total. The lowest BCUT2D eigenvalue weighted by Gasteiger charge is -2.46. The number of allylic oxidation sites excluding steroid dienone is 6. The third-order valence-corrected chi connectivity index (χ3v) is 18.9. The van der Waals surface area contributed by atoms with E-state index < -0.39 is 42.4 Å². The molecule has 0 aliphatic heterocycles. The van der Waals surface area contributed by atoms with E-state index >= 15 is 4.57 Å². The molecule has 0 saturated heterocycles. The second kappa shape index (κ2) is 18.7. The quantitative estimate of drug-likeness (QED) is 0.0649. The molecule has 0 aromatic heterocycles. The fraction of sp³-hybridized carbons (Fsp3) is 0.0833. The standard InChI is InChI=1S/C72H51O10P/c73-49-19-7-13-43(37-49)55-31-34-70(61-28-4-1-25-58(61)64(55)67(70)46-16-10-22-52(76)40-46)80-83(79,81-71-35-32-56(44-14-8-20-50(74)38-44)65(59-26-2-5-29-62(59)71)68(71)47-17-11-23-53(77)41-47)82-72-36-33-57(45-15-9-21-51(75)39-45)66(60-27-3-6-30-63(60)72)69(72)48-18-12-24-54(78)42-48/h1-42,67-69,73-78H. The van der Waals surface area contributed by atoms with Crippen LogP contribution in [0.25, 0.3) is 33.4 Å². The van der Waals surface area contributed by atoms with Crippen LogP contribution < -0.4 is 0 Å². The zero-order valence-corrected chi connectivity index (χ0v) is 45.1. The fourth-order valence-electron chi connectivity index (χ4n) is 14.2. The Balaban J connectivity index is 1.02. The molecule has 0 amide bonds. The Morgan fingerprint density at radius 1 is 0.313 bits per heavy atom. The maximum Gasteiger partial charge on any atom is 0.478 e. The van der Waals surface area contributed by atoms with Crippen molar-refractivity contribution < 1.29 is 48.8 Å². The molecule has 9 aromatic carbocycles. The van der Waals surface area contributed by atoms with Gasteiger partial charge in [-0.3, -0.25) is 13.6 Å². The molecule has 6 aliphatic rings. The van der Waals surface area contributed by atoms with Gasteiger partial charge in [-0.15, -0.1) is 0 Å². The molecule has 11 heteroatoms. The first-order valence-electron chi connectivity index (χ1n) is 27.4. The minimum atomic E-state index is -5.39. The molecule has 6 aliphatic carbocycles. The Morgan fingerprint density at radius 3 is 0.855 bits per heavy atom. The molecule has 0 fully saturated rings. The summed E-state index contributed by atoms with van der Waals surface area (Å²) in [6.45, 7) is 0. The van der Waals surface area contributed by atoms with Gasteiger partial charge in [0.05, 0.1) is 0 Å². The Bertz CT molecular complexity index is 4040. The fourth-order valence-corrected chi connectivity index (χ4v) is 16.3. The number of rotatable bonds is 12. The van der Waals surface area contributed by atoms with Crippen molar-refractivity contribution in [3.63, 3.8) is 0 Å². The number of aromatic hydroxyl groups is 6. The maximum absolute atomic E-state index is 18.5. The number of phenols is 6. The van der Waals surface area contributed by atoms with Crippen LogP contribution in [0.3, 0.4) is 0 Å². The molecule has 0 radical (unpaired) electrons. The molecule has 9 aromatic rings. The largest absolute Gasteiger partial charge is 0.508 e. The van der Waals surface area contributed by atoms with Crippen LogP contribution in [-0.4, -0.2) is 30.6 Å². The highest BCUT2D eigenvalue weighted by Crippen LogP contribution is 2.76. The van der Waals surface area contributed by atoms with Crippen molar-refractivity contribution in [3.8, 4) is 34.5 Å². The highest BCUT2D eigenvalue weighted by molar-refractivity contribution is 7.48. The third kappa shape index (κ3) is 7.72. The van der Waals surface area contributed by atoms with E-state index in [0.29, 0.717) is 33.4 Å². The predicted molar refractivity (Wildman–Crippen MR) is 320 cm³/mol. The van der Waals surface area contributed by atoms with E-state index in [0.717, 1.165) is 66.8 Å². The third-order valence-electron chi connectivity index (χ3n) is 17.3. The Morgan fingerprint density at radius 2 is 0.578 bits per heavy atom. The summed E-state index contributed by atoms with van der Waals surface area (Å²) in [4.78, 5) is 0. The summed E-state index contributed by atoms with van der Waals surface area (Å²) in [6, 6.07) is 65.2. The van der Waals surface area contributed by atoms with E-state index in [-0.39, 0.29) is 34.5 Å². The Kier molecular flexibility index (Phi) is 11.3. The van der Waals surface area contributed by atoms with Crippen molar-refractivity contribution in [2.24, 2.45) is 0 Å². The van der Waals surface area contributed by atoms with Gasteiger partial charge >= 0.3 is 7.82 Å². The van der Waals surface area contributed by atoms with Crippen molar-refractivity contribution >= 4 is 41.3 Å². The van der Waals surface area contributed by atoms with Crippen LogP contribution in [0, 0.1) is 0 Å². The molecule has 6 atom stereocenters. The van der Waals surface area contributed by atoms with Gasteiger partial charge in [0.1, 0.15) is 51.3 Å². The van der Waals surface area contributed by atoms with Crippen LogP contribution in [-0.2, 0) is 34.9 Å². The van der Waals surface area contributed by atoms with E-state index in [2.05, 4.69) is 0 Å². The number of hydrogen-bond acceptors (Lipinski definition) is 10. The molecule has 15 rings (SSSR count). The van der Waals surface area contributed by atoms with Crippen molar-refractivity contribution in [2.45, 2.75) is 34.6 Å². The monoisotopic (exact) mass is 1110 g/mol. The second-order valence-corrected chi connectivity index (χ2v) is 23.4. The van der Waals surface area contributed by atoms with Gasteiger partial charge in [0.25, 0.3) is 0 Å². The molecule has 6 unspecified atom stereocenters. The number of phosphoric acid groups is 1.